The van der Waals surface area contributed by atoms with E-state index in [4.69, 9.17) is 10.8 Å². The molecule has 9 heteroatoms. The van der Waals surface area contributed by atoms with E-state index in [0.717, 1.165) is 0 Å². The van der Waals surface area contributed by atoms with Crippen LogP contribution in [0.5, 0.6) is 0 Å². The molecule has 19 heavy (non-hydrogen) atoms. The molecule has 0 saturated heterocycles. The van der Waals surface area contributed by atoms with Crippen LogP contribution in [0.1, 0.15) is 28.8 Å². The summed E-state index contributed by atoms with van der Waals surface area (Å²) in [6.07, 6.45) is -8.89. The second-order valence-corrected chi connectivity index (χ2v) is 3.60. The van der Waals surface area contributed by atoms with Crippen molar-refractivity contribution >= 4 is 5.97 Å². The Morgan fingerprint density at radius 2 is 2.00 bits per heavy atom. The molecule has 0 unspecified atom stereocenters. The number of hydrogen-bond donors (Lipinski definition) is 2. The zero-order valence-corrected chi connectivity index (χ0v) is 9.34. The van der Waals surface area contributed by atoms with Crippen LogP contribution in [0.2, 0.25) is 0 Å². The fourth-order valence-electron chi connectivity index (χ4n) is 1.64. The minimum Gasteiger partial charge on any atom is -0.481 e. The number of rotatable bonds is 4. The van der Waals surface area contributed by atoms with Gasteiger partial charge in [-0.1, -0.05) is 0 Å². The summed E-state index contributed by atoms with van der Waals surface area (Å²) in [5, 5.41) is 8.56. The summed E-state index contributed by atoms with van der Waals surface area (Å²) in [7, 11) is 0. The predicted octanol–water partition coefficient (Wildman–Crippen LogP) is 2.12. The van der Waals surface area contributed by atoms with Gasteiger partial charge < -0.3 is 10.8 Å². The highest BCUT2D eigenvalue weighted by molar-refractivity contribution is 5.71. The average molecular weight is 284 g/mol. The van der Waals surface area contributed by atoms with E-state index in [-0.39, 0.29) is 0 Å². The summed E-state index contributed by atoms with van der Waals surface area (Å²) in [4.78, 5) is 13.7. The van der Waals surface area contributed by atoms with Gasteiger partial charge >= 0.3 is 12.1 Å². The number of alkyl halides is 5. The lowest BCUT2D eigenvalue weighted by Crippen LogP contribution is -2.20. The van der Waals surface area contributed by atoms with Gasteiger partial charge in [-0.15, -0.1) is 0 Å². The first kappa shape index (κ1) is 15.3. The van der Waals surface area contributed by atoms with Crippen LogP contribution in [0.3, 0.4) is 0 Å². The van der Waals surface area contributed by atoms with E-state index < -0.39 is 53.9 Å². The third kappa shape index (κ3) is 3.37. The molecule has 3 N–H and O–H groups in total. The molecule has 1 aromatic rings. The average Bonchev–Trinajstić information content (AvgIpc) is 2.25. The maximum atomic E-state index is 12.9. The zero-order chi connectivity index (χ0) is 14.8. The van der Waals surface area contributed by atoms with E-state index in [9.17, 15) is 26.7 Å². The number of aromatic nitrogens is 1. The van der Waals surface area contributed by atoms with Crippen molar-refractivity contribution in [1.82, 2.24) is 4.98 Å². The summed E-state index contributed by atoms with van der Waals surface area (Å²) in [6, 6.07) is 0. The molecular formula is C10H9F5N2O2. The zero-order valence-electron chi connectivity index (χ0n) is 9.34. The SMILES string of the molecule is NCc1cnc(C(F)F)c(CC(=O)O)c1C(F)(F)F. The van der Waals surface area contributed by atoms with Crippen LogP contribution in [0.25, 0.3) is 0 Å². The van der Waals surface area contributed by atoms with Crippen molar-refractivity contribution in [2.75, 3.05) is 0 Å². The number of nitrogens with zero attached hydrogens (tertiary/aromatic N) is 1. The van der Waals surface area contributed by atoms with E-state index in [1.54, 1.807) is 0 Å². The van der Waals surface area contributed by atoms with Crippen LogP contribution in [-0.2, 0) is 23.9 Å². The molecular weight excluding hydrogens is 275 g/mol. The van der Waals surface area contributed by atoms with Gasteiger partial charge in [-0.25, -0.2) is 8.78 Å². The summed E-state index contributed by atoms with van der Waals surface area (Å²) in [6.45, 7) is -0.585. The standard InChI is InChI=1S/C10H9F5N2O2/c11-9(12)8-5(1-6(18)19)7(10(13,14)15)4(2-16)3-17-8/h3,9H,1-2,16H2,(H,18,19). The van der Waals surface area contributed by atoms with Gasteiger partial charge in [-0.05, 0) is 5.56 Å². The molecule has 0 fully saturated rings. The number of pyridine rings is 1. The molecule has 1 aromatic heterocycles. The number of carboxylic acids is 1. The number of aliphatic carboxylic acids is 1. The largest absolute Gasteiger partial charge is 0.481 e. The van der Waals surface area contributed by atoms with Gasteiger partial charge in [0, 0.05) is 18.3 Å². The van der Waals surface area contributed by atoms with Crippen LogP contribution in [0, 0.1) is 0 Å². The molecule has 4 nitrogen and oxygen atoms in total. The highest BCUT2D eigenvalue weighted by Gasteiger charge is 2.39. The Balaban J connectivity index is 3.60. The first-order valence-electron chi connectivity index (χ1n) is 4.96. The molecule has 0 aliphatic carbocycles. The number of halogens is 5. The summed E-state index contributed by atoms with van der Waals surface area (Å²) >= 11 is 0. The molecule has 0 saturated carbocycles. The monoisotopic (exact) mass is 284 g/mol. The van der Waals surface area contributed by atoms with Crippen LogP contribution in [0.4, 0.5) is 22.0 Å². The van der Waals surface area contributed by atoms with E-state index in [1.165, 1.54) is 0 Å². The predicted molar refractivity (Wildman–Crippen MR) is 53.4 cm³/mol. The molecule has 0 amide bonds. The smallest absolute Gasteiger partial charge is 0.417 e. The Morgan fingerprint density at radius 3 is 2.37 bits per heavy atom. The second kappa shape index (κ2) is 5.47. The van der Waals surface area contributed by atoms with Crippen molar-refractivity contribution in [2.24, 2.45) is 5.73 Å². The van der Waals surface area contributed by atoms with Gasteiger partial charge in [-0.3, -0.25) is 9.78 Å². The quantitative estimate of drug-likeness (QED) is 0.830. The van der Waals surface area contributed by atoms with Crippen LogP contribution >= 0.6 is 0 Å². The number of carboxylic acid groups (broad SMARTS) is 1. The number of nitrogens with two attached hydrogens (primary N) is 1. The third-order valence-electron chi connectivity index (χ3n) is 2.33. The Bertz CT molecular complexity index is 488. The van der Waals surface area contributed by atoms with Crippen LogP contribution < -0.4 is 5.73 Å². The van der Waals surface area contributed by atoms with E-state index in [2.05, 4.69) is 4.98 Å². The lowest BCUT2D eigenvalue weighted by Gasteiger charge is -2.18. The van der Waals surface area contributed by atoms with E-state index in [0.29, 0.717) is 6.20 Å². The topological polar surface area (TPSA) is 76.2 Å². The van der Waals surface area contributed by atoms with Crippen molar-refractivity contribution in [3.63, 3.8) is 0 Å². The van der Waals surface area contributed by atoms with Gasteiger partial charge in [-0.2, -0.15) is 13.2 Å². The Morgan fingerprint density at radius 1 is 1.42 bits per heavy atom. The molecule has 0 atom stereocenters. The minimum atomic E-state index is -4.98. The Labute approximate surface area is 104 Å². The first-order valence-corrected chi connectivity index (χ1v) is 4.96. The highest BCUT2D eigenvalue weighted by atomic mass is 19.4. The summed E-state index contributed by atoms with van der Waals surface area (Å²) in [5.74, 6) is -1.66. The fraction of sp³-hybridized carbons (Fsp3) is 0.400. The maximum Gasteiger partial charge on any atom is 0.417 e. The number of carbonyl (C=O) groups is 1. The molecule has 0 radical (unpaired) electrons. The van der Waals surface area contributed by atoms with Gasteiger partial charge in [0.25, 0.3) is 6.43 Å². The highest BCUT2D eigenvalue weighted by Crippen LogP contribution is 2.37. The first-order chi connectivity index (χ1) is 8.68. The van der Waals surface area contributed by atoms with Gasteiger partial charge in [0.05, 0.1) is 12.0 Å². The van der Waals surface area contributed by atoms with Crippen LogP contribution in [-0.4, -0.2) is 16.1 Å². The molecule has 0 aromatic carbocycles. The number of hydrogen-bond acceptors (Lipinski definition) is 3. The van der Waals surface area contributed by atoms with E-state index in [1.807, 2.05) is 0 Å². The van der Waals surface area contributed by atoms with Gasteiger partial charge in [0.15, 0.2) is 0 Å². The molecule has 0 bridgehead atoms. The van der Waals surface area contributed by atoms with Gasteiger partial charge in [0.1, 0.15) is 5.69 Å². The molecule has 0 spiro atoms. The Hall–Kier alpha value is -1.77. The van der Waals surface area contributed by atoms with Crippen molar-refractivity contribution in [1.29, 1.82) is 0 Å². The molecule has 1 heterocycles. The summed E-state index contributed by atoms with van der Waals surface area (Å²) < 4.78 is 63.9. The lowest BCUT2D eigenvalue weighted by molar-refractivity contribution is -0.140. The lowest BCUT2D eigenvalue weighted by atomic mass is 9.98. The van der Waals surface area contributed by atoms with E-state index >= 15 is 0 Å². The summed E-state index contributed by atoms with van der Waals surface area (Å²) in [5.41, 5.74) is 0.904. The third-order valence-corrected chi connectivity index (χ3v) is 2.33. The molecule has 106 valence electrons. The van der Waals surface area contributed by atoms with Gasteiger partial charge in [0.2, 0.25) is 0 Å². The maximum absolute atomic E-state index is 12.9. The normalized spacial score (nSPS) is 11.9. The molecule has 1 rings (SSSR count). The van der Waals surface area contributed by atoms with Crippen molar-refractivity contribution in [3.8, 4) is 0 Å². The minimum absolute atomic E-state index is 0.520. The van der Waals surface area contributed by atoms with Crippen molar-refractivity contribution < 1.29 is 31.9 Å². The molecule has 0 aliphatic rings. The van der Waals surface area contributed by atoms with Crippen molar-refractivity contribution in [2.45, 2.75) is 25.6 Å². The van der Waals surface area contributed by atoms with Crippen molar-refractivity contribution in [3.05, 3.63) is 28.6 Å². The Kier molecular flexibility index (Phi) is 4.40. The molecule has 0 aliphatic heterocycles. The van der Waals surface area contributed by atoms with Crippen LogP contribution in [0.15, 0.2) is 6.20 Å². The fourth-order valence-corrected chi connectivity index (χ4v) is 1.64. The second-order valence-electron chi connectivity index (χ2n) is 3.60.